The highest BCUT2D eigenvalue weighted by atomic mass is 16.5. The van der Waals surface area contributed by atoms with Crippen LogP contribution in [0.4, 0.5) is 0 Å². The number of carbonyl (C=O) groups is 2. The SMILES string of the molecule is COCCCCOC(=O)C1CCC(C(C)=O)CC1. The van der Waals surface area contributed by atoms with Crippen LogP contribution < -0.4 is 0 Å². The number of carbonyl (C=O) groups excluding carboxylic acids is 2. The number of ketones is 1. The smallest absolute Gasteiger partial charge is 0.308 e. The number of rotatable bonds is 7. The van der Waals surface area contributed by atoms with Crippen molar-refractivity contribution < 1.29 is 19.1 Å². The Morgan fingerprint density at radius 1 is 1.00 bits per heavy atom. The maximum atomic E-state index is 11.8. The molecule has 4 heteroatoms. The summed E-state index contributed by atoms with van der Waals surface area (Å²) < 4.78 is 10.2. The van der Waals surface area contributed by atoms with Crippen LogP contribution in [-0.4, -0.2) is 32.1 Å². The van der Waals surface area contributed by atoms with E-state index in [0.717, 1.165) is 38.5 Å². The van der Waals surface area contributed by atoms with Gasteiger partial charge in [0.1, 0.15) is 5.78 Å². The minimum atomic E-state index is -0.0885. The van der Waals surface area contributed by atoms with Crippen LogP contribution in [0, 0.1) is 11.8 Å². The molecular weight excluding hydrogens is 232 g/mol. The molecule has 1 aliphatic rings. The van der Waals surface area contributed by atoms with E-state index in [-0.39, 0.29) is 23.6 Å². The first-order chi connectivity index (χ1) is 8.65. The number of ether oxygens (including phenoxy) is 2. The van der Waals surface area contributed by atoms with E-state index in [9.17, 15) is 9.59 Å². The molecule has 0 atom stereocenters. The van der Waals surface area contributed by atoms with Gasteiger partial charge in [-0.15, -0.1) is 0 Å². The number of esters is 1. The van der Waals surface area contributed by atoms with E-state index in [1.54, 1.807) is 14.0 Å². The molecule has 1 fully saturated rings. The normalized spacial score (nSPS) is 23.7. The molecule has 0 aromatic heterocycles. The van der Waals surface area contributed by atoms with Crippen molar-refractivity contribution in [2.75, 3.05) is 20.3 Å². The Bertz CT molecular complexity index is 267. The summed E-state index contributed by atoms with van der Waals surface area (Å²) in [4.78, 5) is 23.0. The fourth-order valence-corrected chi connectivity index (χ4v) is 2.37. The third-order valence-electron chi connectivity index (χ3n) is 3.62. The second-order valence-corrected chi connectivity index (χ2v) is 5.03. The van der Waals surface area contributed by atoms with Gasteiger partial charge in [-0.2, -0.15) is 0 Å². The predicted octanol–water partition coefficient (Wildman–Crippen LogP) is 2.35. The van der Waals surface area contributed by atoms with Crippen LogP contribution in [0.5, 0.6) is 0 Å². The standard InChI is InChI=1S/C14H24O4/c1-11(15)12-5-7-13(8-6-12)14(16)18-10-4-3-9-17-2/h12-13H,3-10H2,1-2H3. The molecule has 0 N–H and O–H groups in total. The Hall–Kier alpha value is -0.900. The number of hydrogen-bond acceptors (Lipinski definition) is 4. The summed E-state index contributed by atoms with van der Waals surface area (Å²) in [6.45, 7) is 2.83. The van der Waals surface area contributed by atoms with E-state index in [0.29, 0.717) is 13.2 Å². The van der Waals surface area contributed by atoms with E-state index in [4.69, 9.17) is 9.47 Å². The second-order valence-electron chi connectivity index (χ2n) is 5.03. The van der Waals surface area contributed by atoms with Gasteiger partial charge in [0, 0.05) is 19.6 Å². The molecule has 18 heavy (non-hydrogen) atoms. The molecule has 0 aromatic rings. The Morgan fingerprint density at radius 3 is 2.11 bits per heavy atom. The summed E-state index contributed by atoms with van der Waals surface area (Å²) in [6, 6.07) is 0. The van der Waals surface area contributed by atoms with E-state index in [2.05, 4.69) is 0 Å². The minimum Gasteiger partial charge on any atom is -0.465 e. The minimum absolute atomic E-state index is 0.00280. The Balaban J connectivity index is 2.14. The number of unbranched alkanes of at least 4 members (excludes halogenated alkanes) is 1. The van der Waals surface area contributed by atoms with Gasteiger partial charge in [0.2, 0.25) is 0 Å². The van der Waals surface area contributed by atoms with Crippen LogP contribution in [0.1, 0.15) is 45.4 Å². The molecule has 0 bridgehead atoms. The predicted molar refractivity (Wildman–Crippen MR) is 68.2 cm³/mol. The number of hydrogen-bond donors (Lipinski definition) is 0. The average molecular weight is 256 g/mol. The third-order valence-corrected chi connectivity index (χ3v) is 3.62. The molecule has 1 rings (SSSR count). The van der Waals surface area contributed by atoms with Gasteiger partial charge in [-0.05, 0) is 45.4 Å². The molecule has 104 valence electrons. The molecular formula is C14H24O4. The zero-order valence-corrected chi connectivity index (χ0v) is 11.4. The summed E-state index contributed by atoms with van der Waals surface area (Å²) in [5.41, 5.74) is 0. The maximum absolute atomic E-state index is 11.8. The van der Waals surface area contributed by atoms with E-state index in [1.165, 1.54) is 0 Å². The van der Waals surface area contributed by atoms with Crippen LogP contribution in [0.25, 0.3) is 0 Å². The van der Waals surface area contributed by atoms with Crippen LogP contribution >= 0.6 is 0 Å². The molecule has 0 unspecified atom stereocenters. The quantitative estimate of drug-likeness (QED) is 0.518. The van der Waals surface area contributed by atoms with Gasteiger partial charge in [0.05, 0.1) is 12.5 Å². The van der Waals surface area contributed by atoms with Gasteiger partial charge in [0.25, 0.3) is 0 Å². The van der Waals surface area contributed by atoms with Crippen molar-refractivity contribution in [2.24, 2.45) is 11.8 Å². The average Bonchev–Trinajstić information content (AvgIpc) is 2.38. The molecule has 0 aliphatic heterocycles. The Morgan fingerprint density at radius 2 is 1.56 bits per heavy atom. The van der Waals surface area contributed by atoms with Crippen molar-refractivity contribution in [2.45, 2.75) is 45.4 Å². The highest BCUT2D eigenvalue weighted by Gasteiger charge is 2.28. The van der Waals surface area contributed by atoms with Gasteiger partial charge in [-0.1, -0.05) is 0 Å². The molecule has 0 aromatic carbocycles. The third kappa shape index (κ3) is 5.17. The lowest BCUT2D eigenvalue weighted by Crippen LogP contribution is -2.26. The number of Topliss-reactive ketones (excluding diaryl/α,β-unsaturated/α-hetero) is 1. The van der Waals surface area contributed by atoms with E-state index >= 15 is 0 Å². The zero-order valence-electron chi connectivity index (χ0n) is 11.4. The fourth-order valence-electron chi connectivity index (χ4n) is 2.37. The lowest BCUT2D eigenvalue weighted by Gasteiger charge is -2.25. The first-order valence-corrected chi connectivity index (χ1v) is 6.81. The van der Waals surface area contributed by atoms with E-state index < -0.39 is 0 Å². The Labute approximate surface area is 109 Å². The highest BCUT2D eigenvalue weighted by molar-refractivity contribution is 5.79. The summed E-state index contributed by atoms with van der Waals surface area (Å²) in [6.07, 6.45) is 5.02. The van der Waals surface area contributed by atoms with Gasteiger partial charge in [-0.3, -0.25) is 9.59 Å². The lowest BCUT2D eigenvalue weighted by atomic mass is 9.80. The lowest BCUT2D eigenvalue weighted by molar-refractivity contribution is -0.150. The van der Waals surface area contributed by atoms with Crippen molar-refractivity contribution in [3.8, 4) is 0 Å². The van der Waals surface area contributed by atoms with Crippen LogP contribution in [0.15, 0.2) is 0 Å². The van der Waals surface area contributed by atoms with Crippen LogP contribution in [0.3, 0.4) is 0 Å². The van der Waals surface area contributed by atoms with Crippen molar-refractivity contribution in [3.63, 3.8) is 0 Å². The maximum Gasteiger partial charge on any atom is 0.308 e. The number of methoxy groups -OCH3 is 1. The summed E-state index contributed by atoms with van der Waals surface area (Å²) in [5, 5.41) is 0. The molecule has 0 spiro atoms. The van der Waals surface area contributed by atoms with E-state index in [1.807, 2.05) is 0 Å². The van der Waals surface area contributed by atoms with Crippen LogP contribution in [-0.2, 0) is 19.1 Å². The topological polar surface area (TPSA) is 52.6 Å². The fraction of sp³-hybridized carbons (Fsp3) is 0.857. The van der Waals surface area contributed by atoms with Gasteiger partial charge >= 0.3 is 5.97 Å². The van der Waals surface area contributed by atoms with Gasteiger partial charge < -0.3 is 9.47 Å². The molecule has 4 nitrogen and oxygen atoms in total. The Kier molecular flexibility index (Phi) is 6.94. The first kappa shape index (κ1) is 15.2. The molecule has 0 radical (unpaired) electrons. The summed E-state index contributed by atoms with van der Waals surface area (Å²) in [5.74, 6) is 0.328. The first-order valence-electron chi connectivity index (χ1n) is 6.81. The zero-order chi connectivity index (χ0) is 13.4. The highest BCUT2D eigenvalue weighted by Crippen LogP contribution is 2.30. The van der Waals surface area contributed by atoms with Gasteiger partial charge in [-0.25, -0.2) is 0 Å². The van der Waals surface area contributed by atoms with Crippen molar-refractivity contribution in [1.82, 2.24) is 0 Å². The monoisotopic (exact) mass is 256 g/mol. The van der Waals surface area contributed by atoms with Crippen molar-refractivity contribution in [1.29, 1.82) is 0 Å². The molecule has 1 saturated carbocycles. The second kappa shape index (κ2) is 8.25. The van der Waals surface area contributed by atoms with Crippen LogP contribution in [0.2, 0.25) is 0 Å². The van der Waals surface area contributed by atoms with Gasteiger partial charge in [0.15, 0.2) is 0 Å². The summed E-state index contributed by atoms with van der Waals surface area (Å²) >= 11 is 0. The molecule has 0 saturated heterocycles. The molecule has 1 aliphatic carbocycles. The molecule has 0 heterocycles. The molecule has 0 amide bonds. The van der Waals surface area contributed by atoms with Crippen molar-refractivity contribution in [3.05, 3.63) is 0 Å². The summed E-state index contributed by atoms with van der Waals surface area (Å²) in [7, 11) is 1.67. The largest absolute Gasteiger partial charge is 0.465 e. The van der Waals surface area contributed by atoms with Crippen molar-refractivity contribution >= 4 is 11.8 Å².